The lowest BCUT2D eigenvalue weighted by molar-refractivity contribution is 0.0954. The van der Waals surface area contributed by atoms with Gasteiger partial charge in [-0.1, -0.05) is 11.6 Å². The number of nitrogens with one attached hydrogen (secondary N) is 3. The molecule has 1 aromatic rings. The van der Waals surface area contributed by atoms with Crippen molar-refractivity contribution in [2.45, 2.75) is 39.0 Å². The summed E-state index contributed by atoms with van der Waals surface area (Å²) in [6.07, 6.45) is 8.41. The van der Waals surface area contributed by atoms with E-state index in [-0.39, 0.29) is 35.6 Å². The molecule has 150 valence electrons. The average molecular weight is 486 g/mol. The van der Waals surface area contributed by atoms with Crippen LogP contribution in [0.15, 0.2) is 40.9 Å². The van der Waals surface area contributed by atoms with Gasteiger partial charge < -0.3 is 21.1 Å². The molecule has 0 unspecified atom stereocenters. The highest BCUT2D eigenvalue weighted by Gasteiger charge is 2.05. The number of allylic oxidation sites excluding steroid dienone is 1. The number of phenols is 1. The summed E-state index contributed by atoms with van der Waals surface area (Å²) in [5, 5.41) is 18.6. The Hall–Kier alpha value is -1.77. The molecule has 0 spiro atoms. The van der Waals surface area contributed by atoms with E-state index in [1.54, 1.807) is 12.1 Å². The largest absolute Gasteiger partial charge is 0.508 e. The van der Waals surface area contributed by atoms with Crippen LogP contribution in [0.25, 0.3) is 0 Å². The molecular formula is C20H31IN4O2. The summed E-state index contributed by atoms with van der Waals surface area (Å²) in [5.41, 5.74) is 2.06. The molecule has 0 atom stereocenters. The molecule has 27 heavy (non-hydrogen) atoms. The van der Waals surface area contributed by atoms with Crippen molar-refractivity contribution in [3.63, 3.8) is 0 Å². The van der Waals surface area contributed by atoms with Crippen LogP contribution in [-0.2, 0) is 0 Å². The fraction of sp³-hybridized carbons (Fsp3) is 0.500. The number of hydrogen-bond donors (Lipinski definition) is 4. The Morgan fingerprint density at radius 1 is 1.11 bits per heavy atom. The number of aromatic hydroxyl groups is 1. The Kier molecular flexibility index (Phi) is 11.6. The number of nitrogens with zero attached hydrogens (tertiary/aromatic N) is 1. The Labute approximate surface area is 178 Å². The zero-order chi connectivity index (χ0) is 18.6. The Morgan fingerprint density at radius 2 is 1.85 bits per heavy atom. The molecule has 1 amide bonds. The molecule has 4 N–H and O–H groups in total. The van der Waals surface area contributed by atoms with Gasteiger partial charge in [0.05, 0.1) is 0 Å². The lowest BCUT2D eigenvalue weighted by atomic mass is 9.97. The molecule has 6 nitrogen and oxygen atoms in total. The lowest BCUT2D eigenvalue weighted by Crippen LogP contribution is -2.41. The number of guanidine groups is 1. The van der Waals surface area contributed by atoms with Crippen LogP contribution in [0.1, 0.15) is 49.4 Å². The van der Waals surface area contributed by atoms with Crippen LogP contribution in [0.2, 0.25) is 0 Å². The van der Waals surface area contributed by atoms with Crippen molar-refractivity contribution in [1.82, 2.24) is 16.0 Å². The molecule has 0 fully saturated rings. The Morgan fingerprint density at radius 3 is 2.52 bits per heavy atom. The first-order chi connectivity index (χ1) is 12.7. The molecule has 0 saturated heterocycles. The van der Waals surface area contributed by atoms with Crippen LogP contribution in [-0.4, -0.2) is 43.2 Å². The van der Waals surface area contributed by atoms with Crippen molar-refractivity contribution in [3.8, 4) is 5.75 Å². The minimum Gasteiger partial charge on any atom is -0.508 e. The zero-order valence-electron chi connectivity index (χ0n) is 16.0. The van der Waals surface area contributed by atoms with Gasteiger partial charge in [0.1, 0.15) is 5.75 Å². The molecule has 2 rings (SSSR count). The number of hydrogen-bond acceptors (Lipinski definition) is 3. The average Bonchev–Trinajstić information content (AvgIpc) is 2.66. The van der Waals surface area contributed by atoms with Gasteiger partial charge in [0, 0.05) is 31.7 Å². The highest BCUT2D eigenvalue weighted by atomic mass is 127. The van der Waals surface area contributed by atoms with E-state index in [1.165, 1.54) is 43.4 Å². The third-order valence-electron chi connectivity index (χ3n) is 4.26. The van der Waals surface area contributed by atoms with E-state index in [9.17, 15) is 9.90 Å². The predicted molar refractivity (Wildman–Crippen MR) is 121 cm³/mol. The van der Waals surface area contributed by atoms with E-state index >= 15 is 0 Å². The van der Waals surface area contributed by atoms with Crippen molar-refractivity contribution in [3.05, 3.63) is 41.5 Å². The number of aliphatic imine (C=N–C) groups is 1. The highest BCUT2D eigenvalue weighted by molar-refractivity contribution is 14.0. The van der Waals surface area contributed by atoms with Gasteiger partial charge in [-0.25, -0.2) is 0 Å². The van der Waals surface area contributed by atoms with Gasteiger partial charge in [0.15, 0.2) is 5.96 Å². The van der Waals surface area contributed by atoms with Gasteiger partial charge in [-0.3, -0.25) is 9.79 Å². The van der Waals surface area contributed by atoms with Crippen molar-refractivity contribution in [1.29, 1.82) is 0 Å². The smallest absolute Gasteiger partial charge is 0.251 e. The Balaban J connectivity index is 0.00000364. The zero-order valence-corrected chi connectivity index (χ0v) is 18.3. The molecule has 1 aromatic carbocycles. The molecule has 7 heteroatoms. The summed E-state index contributed by atoms with van der Waals surface area (Å²) < 4.78 is 0. The van der Waals surface area contributed by atoms with Gasteiger partial charge in [-0.15, -0.1) is 24.0 Å². The maximum Gasteiger partial charge on any atom is 0.251 e. The van der Waals surface area contributed by atoms with E-state index in [2.05, 4.69) is 27.0 Å². The van der Waals surface area contributed by atoms with Gasteiger partial charge in [-0.05, 0) is 63.3 Å². The fourth-order valence-electron chi connectivity index (χ4n) is 2.86. The molecular weight excluding hydrogens is 455 g/mol. The molecule has 0 bridgehead atoms. The van der Waals surface area contributed by atoms with E-state index in [0.29, 0.717) is 18.7 Å². The van der Waals surface area contributed by atoms with E-state index in [1.807, 2.05) is 6.92 Å². The van der Waals surface area contributed by atoms with Crippen LogP contribution >= 0.6 is 24.0 Å². The van der Waals surface area contributed by atoms with E-state index in [0.717, 1.165) is 25.5 Å². The molecule has 0 radical (unpaired) electrons. The number of rotatable bonds is 8. The number of carbonyl (C=O) groups excluding carboxylic acids is 1. The number of benzene rings is 1. The Bertz CT molecular complexity index is 629. The van der Waals surface area contributed by atoms with E-state index in [4.69, 9.17) is 0 Å². The van der Waals surface area contributed by atoms with Crippen LogP contribution in [0, 0.1) is 0 Å². The third-order valence-corrected chi connectivity index (χ3v) is 4.26. The minimum absolute atomic E-state index is 0. The summed E-state index contributed by atoms with van der Waals surface area (Å²) >= 11 is 0. The van der Waals surface area contributed by atoms with Gasteiger partial charge >= 0.3 is 0 Å². The fourth-order valence-corrected chi connectivity index (χ4v) is 2.86. The molecule has 0 aromatic heterocycles. The standard InChI is InChI=1S/C20H30N4O2.HI/c1-2-21-20(23-13-12-16-6-4-3-5-7-16)24-15-14-22-19(26)17-8-10-18(25)11-9-17;/h6,8-11,25H,2-5,7,12-15H2,1H3,(H,22,26)(H2,21,23,24);1H. The quantitative estimate of drug-likeness (QED) is 0.150. The van der Waals surface area contributed by atoms with Crippen LogP contribution < -0.4 is 16.0 Å². The molecule has 0 aliphatic heterocycles. The van der Waals surface area contributed by atoms with Crippen molar-refractivity contribution < 1.29 is 9.90 Å². The van der Waals surface area contributed by atoms with Crippen LogP contribution in [0.4, 0.5) is 0 Å². The summed E-state index contributed by atoms with van der Waals surface area (Å²) in [4.78, 5) is 16.6. The summed E-state index contributed by atoms with van der Waals surface area (Å²) in [6, 6.07) is 6.21. The molecule has 1 aliphatic carbocycles. The maximum absolute atomic E-state index is 12.0. The van der Waals surface area contributed by atoms with Gasteiger partial charge in [0.25, 0.3) is 5.91 Å². The monoisotopic (exact) mass is 486 g/mol. The molecule has 0 heterocycles. The maximum atomic E-state index is 12.0. The summed E-state index contributed by atoms with van der Waals surface area (Å²) in [5.74, 6) is 0.777. The van der Waals surface area contributed by atoms with Crippen molar-refractivity contribution >= 4 is 35.8 Å². The second kappa shape index (κ2) is 13.4. The lowest BCUT2D eigenvalue weighted by Gasteiger charge is -2.13. The topological polar surface area (TPSA) is 85.8 Å². The summed E-state index contributed by atoms with van der Waals surface area (Å²) in [7, 11) is 0. The SMILES string of the molecule is CCNC(=NCCC1=CCCCC1)NCCNC(=O)c1ccc(O)cc1.I. The first-order valence-corrected chi connectivity index (χ1v) is 9.46. The summed E-state index contributed by atoms with van der Waals surface area (Å²) in [6.45, 7) is 4.70. The van der Waals surface area contributed by atoms with Crippen molar-refractivity contribution in [2.24, 2.45) is 4.99 Å². The normalized spacial score (nSPS) is 14.0. The number of phenolic OH excluding ortho intramolecular Hbond substituents is 1. The second-order valence-electron chi connectivity index (χ2n) is 6.35. The highest BCUT2D eigenvalue weighted by Crippen LogP contribution is 2.19. The second-order valence-corrected chi connectivity index (χ2v) is 6.35. The minimum atomic E-state index is -0.155. The third kappa shape index (κ3) is 9.12. The van der Waals surface area contributed by atoms with Crippen LogP contribution in [0.3, 0.4) is 0 Å². The van der Waals surface area contributed by atoms with Gasteiger partial charge in [-0.2, -0.15) is 0 Å². The number of amides is 1. The van der Waals surface area contributed by atoms with Crippen molar-refractivity contribution in [2.75, 3.05) is 26.2 Å². The molecule has 1 aliphatic rings. The first kappa shape index (κ1) is 23.3. The van der Waals surface area contributed by atoms with Gasteiger partial charge in [0.2, 0.25) is 0 Å². The molecule has 0 saturated carbocycles. The first-order valence-electron chi connectivity index (χ1n) is 9.46. The van der Waals surface area contributed by atoms with Crippen LogP contribution in [0.5, 0.6) is 5.75 Å². The predicted octanol–water partition coefficient (Wildman–Crippen LogP) is 3.19. The number of halogens is 1. The number of carbonyl (C=O) groups is 1. The van der Waals surface area contributed by atoms with E-state index < -0.39 is 0 Å².